The Hall–Kier alpha value is -2.32. The van der Waals surface area contributed by atoms with Gasteiger partial charge in [-0.05, 0) is 39.5 Å². The predicted octanol–water partition coefficient (Wildman–Crippen LogP) is 5.46. The summed E-state index contributed by atoms with van der Waals surface area (Å²) in [6.45, 7) is 12.1. The third-order valence-corrected chi connectivity index (χ3v) is 3.76. The number of amides is 1. The molecule has 1 heterocycles. The van der Waals surface area contributed by atoms with E-state index in [-0.39, 0.29) is 32.0 Å². The third kappa shape index (κ3) is 7.84. The van der Waals surface area contributed by atoms with Crippen LogP contribution in [0.1, 0.15) is 54.4 Å². The number of nitrogens with zero attached hydrogens (tertiary/aromatic N) is 1. The van der Waals surface area contributed by atoms with Gasteiger partial charge in [0.1, 0.15) is 5.60 Å². The van der Waals surface area contributed by atoms with Gasteiger partial charge in [0.15, 0.2) is 17.4 Å². The summed E-state index contributed by atoms with van der Waals surface area (Å²) < 4.78 is 62.7. The fourth-order valence-electron chi connectivity index (χ4n) is 2.44. The van der Waals surface area contributed by atoms with Crippen LogP contribution in [0.3, 0.4) is 0 Å². The second kappa shape index (κ2) is 10.6. The summed E-state index contributed by atoms with van der Waals surface area (Å²) in [6.07, 6.45) is -0.0874. The maximum Gasteiger partial charge on any atom is 0.410 e. The van der Waals surface area contributed by atoms with E-state index >= 15 is 0 Å². The summed E-state index contributed by atoms with van der Waals surface area (Å²) in [5, 5.41) is 0. The lowest BCUT2D eigenvalue weighted by atomic mass is 9.97. The lowest BCUT2D eigenvalue weighted by Crippen LogP contribution is -2.43. The molecule has 30 heavy (non-hydrogen) atoms. The molecular weight excluding hydrogens is 406 g/mol. The van der Waals surface area contributed by atoms with Crippen molar-refractivity contribution in [3.63, 3.8) is 0 Å². The molecule has 1 saturated heterocycles. The number of hydrogen-bond donors (Lipinski definition) is 0. The van der Waals surface area contributed by atoms with Gasteiger partial charge in [0.2, 0.25) is 11.6 Å². The zero-order chi connectivity index (χ0) is 23.2. The quantitative estimate of drug-likeness (QED) is 0.204. The molecular formula is C21H29F4NO4. The molecule has 1 aliphatic heterocycles. The van der Waals surface area contributed by atoms with Crippen molar-refractivity contribution >= 4 is 12.1 Å². The van der Waals surface area contributed by atoms with Crippen molar-refractivity contribution in [2.75, 3.05) is 13.1 Å². The highest BCUT2D eigenvalue weighted by molar-refractivity contribution is 5.76. The molecule has 0 spiro atoms. The summed E-state index contributed by atoms with van der Waals surface area (Å²) >= 11 is 0. The lowest BCUT2D eigenvalue weighted by Gasteiger charge is -2.32. The number of esters is 1. The molecule has 0 N–H and O–H groups in total. The maximum absolute atomic E-state index is 13.6. The third-order valence-electron chi connectivity index (χ3n) is 3.76. The van der Waals surface area contributed by atoms with Gasteiger partial charge in [0.25, 0.3) is 0 Å². The molecule has 1 fully saturated rings. The van der Waals surface area contributed by atoms with Crippen molar-refractivity contribution in [2.24, 2.45) is 11.8 Å². The molecule has 0 atom stereocenters. The molecule has 9 heteroatoms. The SMILES string of the molecule is CC(C)(C)OC(=O)N1CCC(C(=O)Oc2cc(F)c(F)c(F)c2F)CC1.CC(C)C. The number of likely N-dealkylation sites (tertiary alicyclic amines) is 1. The van der Waals surface area contributed by atoms with Gasteiger partial charge in [-0.2, -0.15) is 4.39 Å². The van der Waals surface area contributed by atoms with Crippen molar-refractivity contribution in [1.29, 1.82) is 0 Å². The Kier molecular flexibility index (Phi) is 9.11. The van der Waals surface area contributed by atoms with Crippen molar-refractivity contribution in [1.82, 2.24) is 4.90 Å². The van der Waals surface area contributed by atoms with Gasteiger partial charge in [-0.3, -0.25) is 4.79 Å². The Morgan fingerprint density at radius 3 is 1.97 bits per heavy atom. The number of piperidine rings is 1. The number of benzene rings is 1. The molecule has 0 unspecified atom stereocenters. The summed E-state index contributed by atoms with van der Waals surface area (Å²) in [4.78, 5) is 25.4. The molecule has 1 aromatic carbocycles. The van der Waals surface area contributed by atoms with Crippen LogP contribution in [0.2, 0.25) is 0 Å². The first kappa shape index (κ1) is 25.7. The van der Waals surface area contributed by atoms with Crippen LogP contribution >= 0.6 is 0 Å². The van der Waals surface area contributed by atoms with Crippen LogP contribution < -0.4 is 4.74 Å². The highest BCUT2D eigenvalue weighted by Gasteiger charge is 2.32. The average molecular weight is 435 g/mol. The second-order valence-corrected chi connectivity index (χ2v) is 8.69. The van der Waals surface area contributed by atoms with E-state index < -0.39 is 52.6 Å². The smallest absolute Gasteiger partial charge is 0.410 e. The number of carbonyl (C=O) groups is 2. The van der Waals surface area contributed by atoms with Gasteiger partial charge in [-0.15, -0.1) is 0 Å². The first-order chi connectivity index (χ1) is 13.7. The molecule has 0 radical (unpaired) electrons. The number of rotatable bonds is 2. The van der Waals surface area contributed by atoms with E-state index in [0.29, 0.717) is 0 Å². The summed E-state index contributed by atoms with van der Waals surface area (Å²) in [7, 11) is 0. The van der Waals surface area contributed by atoms with Crippen LogP contribution in [0, 0.1) is 35.1 Å². The molecule has 2 rings (SSSR count). The normalized spacial score (nSPS) is 14.8. The Balaban J connectivity index is 0.00000103. The standard InChI is InChI=1S/C17H19F4NO4.C4H10/c1-17(2,3)26-16(24)22-6-4-9(5-7-22)15(23)25-11-8-10(18)12(19)14(21)13(11)20;1-4(2)3/h8-9H,4-7H2,1-3H3;4H,1-3H3. The topological polar surface area (TPSA) is 55.8 Å². The van der Waals surface area contributed by atoms with Gasteiger partial charge in [-0.25, -0.2) is 18.0 Å². The van der Waals surface area contributed by atoms with Crippen LogP contribution in [0.15, 0.2) is 6.07 Å². The van der Waals surface area contributed by atoms with E-state index in [1.54, 1.807) is 20.8 Å². The van der Waals surface area contributed by atoms with Crippen molar-refractivity contribution in [2.45, 2.75) is 60.0 Å². The van der Waals surface area contributed by atoms with Crippen LogP contribution in [0.25, 0.3) is 0 Å². The first-order valence-corrected chi connectivity index (χ1v) is 9.75. The van der Waals surface area contributed by atoms with Gasteiger partial charge in [0.05, 0.1) is 5.92 Å². The molecule has 0 aromatic heterocycles. The van der Waals surface area contributed by atoms with Gasteiger partial charge >= 0.3 is 12.1 Å². The largest absolute Gasteiger partial charge is 0.444 e. The highest BCUT2D eigenvalue weighted by atomic mass is 19.2. The van der Waals surface area contributed by atoms with Crippen molar-refractivity contribution < 1.29 is 36.6 Å². The summed E-state index contributed by atoms with van der Waals surface area (Å²) in [6, 6.07) is 0.279. The molecule has 0 bridgehead atoms. The van der Waals surface area contributed by atoms with E-state index in [9.17, 15) is 27.2 Å². The Morgan fingerprint density at radius 2 is 1.50 bits per heavy atom. The molecule has 170 valence electrons. The van der Waals surface area contributed by atoms with Crippen LogP contribution in [0.5, 0.6) is 5.75 Å². The zero-order valence-electron chi connectivity index (χ0n) is 18.2. The van der Waals surface area contributed by atoms with E-state index in [1.807, 2.05) is 0 Å². The zero-order valence-corrected chi connectivity index (χ0v) is 18.2. The lowest BCUT2D eigenvalue weighted by molar-refractivity contribution is -0.140. The summed E-state index contributed by atoms with van der Waals surface area (Å²) in [5.41, 5.74) is -0.652. The summed E-state index contributed by atoms with van der Waals surface area (Å²) in [5.74, 6) is -9.24. The first-order valence-electron chi connectivity index (χ1n) is 9.75. The number of ether oxygens (including phenoxy) is 2. The van der Waals surface area contributed by atoms with E-state index in [1.165, 1.54) is 4.90 Å². The van der Waals surface area contributed by atoms with E-state index in [4.69, 9.17) is 4.74 Å². The van der Waals surface area contributed by atoms with Crippen molar-refractivity contribution in [3.05, 3.63) is 29.3 Å². The van der Waals surface area contributed by atoms with E-state index in [2.05, 4.69) is 25.5 Å². The van der Waals surface area contributed by atoms with Gasteiger partial charge in [-0.1, -0.05) is 20.8 Å². The molecule has 1 amide bonds. The number of halogens is 4. The second-order valence-electron chi connectivity index (χ2n) is 8.69. The monoisotopic (exact) mass is 435 g/mol. The number of carbonyl (C=O) groups excluding carboxylic acids is 2. The Bertz CT molecular complexity index is 752. The Morgan fingerprint density at radius 1 is 1.00 bits per heavy atom. The Labute approximate surface area is 174 Å². The van der Waals surface area contributed by atoms with Crippen LogP contribution in [-0.2, 0) is 9.53 Å². The van der Waals surface area contributed by atoms with Crippen LogP contribution in [0.4, 0.5) is 22.4 Å². The van der Waals surface area contributed by atoms with Crippen LogP contribution in [-0.4, -0.2) is 35.7 Å². The van der Waals surface area contributed by atoms with Gasteiger partial charge in [0, 0.05) is 19.2 Å². The molecule has 0 saturated carbocycles. The number of hydrogen-bond acceptors (Lipinski definition) is 4. The maximum atomic E-state index is 13.6. The fraction of sp³-hybridized carbons (Fsp3) is 0.619. The predicted molar refractivity (Wildman–Crippen MR) is 103 cm³/mol. The minimum atomic E-state index is -2.05. The molecule has 5 nitrogen and oxygen atoms in total. The molecule has 0 aliphatic carbocycles. The van der Waals surface area contributed by atoms with Gasteiger partial charge < -0.3 is 14.4 Å². The van der Waals surface area contributed by atoms with E-state index in [0.717, 1.165) is 5.92 Å². The minimum absolute atomic E-state index is 0.212. The minimum Gasteiger partial charge on any atom is -0.444 e. The molecule has 1 aromatic rings. The van der Waals surface area contributed by atoms with Crippen molar-refractivity contribution in [3.8, 4) is 5.75 Å². The highest BCUT2D eigenvalue weighted by Crippen LogP contribution is 2.27. The average Bonchev–Trinajstić information content (AvgIpc) is 2.62. The molecule has 1 aliphatic rings. The fourth-order valence-corrected chi connectivity index (χ4v) is 2.44.